The number of imide groups is 1. The first-order chi connectivity index (χ1) is 15.1. The Balaban J connectivity index is 1.58. The van der Waals surface area contributed by atoms with Crippen LogP contribution in [0, 0.1) is 17.8 Å². The number of fused-ring (bicyclic) bond motifs is 2. The molecule has 2 heterocycles. The molecular formula is C25H36N4O3. The maximum atomic E-state index is 13.5. The van der Waals surface area contributed by atoms with Crippen LogP contribution in [-0.4, -0.2) is 38.4 Å². The highest BCUT2D eigenvalue weighted by Gasteiger charge is 2.51. The first kappa shape index (κ1) is 22.7. The van der Waals surface area contributed by atoms with Gasteiger partial charge in [-0.15, -0.1) is 0 Å². The fraction of sp³-hybridized carbons (Fsp3) is 0.680. The van der Waals surface area contributed by atoms with Crippen molar-refractivity contribution in [1.82, 2.24) is 20.0 Å². The molecule has 1 saturated heterocycles. The second-order valence-corrected chi connectivity index (χ2v) is 10.9. The van der Waals surface area contributed by atoms with E-state index in [2.05, 4.69) is 35.9 Å². The Morgan fingerprint density at radius 3 is 2.34 bits per heavy atom. The molecule has 174 valence electrons. The van der Waals surface area contributed by atoms with Crippen molar-refractivity contribution in [3.8, 4) is 0 Å². The second-order valence-electron chi connectivity index (χ2n) is 10.9. The molecule has 1 fully saturated rings. The first-order valence-electron chi connectivity index (χ1n) is 12.0. The van der Waals surface area contributed by atoms with Crippen LogP contribution in [0.4, 0.5) is 0 Å². The maximum Gasteiger partial charge on any atom is 0.243 e. The lowest BCUT2D eigenvalue weighted by atomic mass is 9.85. The summed E-state index contributed by atoms with van der Waals surface area (Å²) in [5.74, 6) is -1.06. The predicted molar refractivity (Wildman–Crippen MR) is 121 cm³/mol. The summed E-state index contributed by atoms with van der Waals surface area (Å²) in [6, 6.07) is -0.905. The highest BCUT2D eigenvalue weighted by molar-refractivity contribution is 6.08. The summed E-state index contributed by atoms with van der Waals surface area (Å²) in [6.45, 7) is 10.4. The van der Waals surface area contributed by atoms with E-state index in [1.165, 1.54) is 10.6 Å². The standard InChI is InChI=1S/C25H36N4O3/c1-15(2)13-21(28-23(31)16-9-6-7-10-17(16)24(28)32)22(30)27-19-11-8-12-20-18(19)14-26-29(20)25(3,4)5/h6-7,14-17,19,21H,8-13H2,1-5H3,(H,27,30). The molecule has 32 heavy (non-hydrogen) atoms. The number of allylic oxidation sites excluding steroid dienone is 2. The van der Waals surface area contributed by atoms with Crippen molar-refractivity contribution in [3.05, 3.63) is 29.6 Å². The summed E-state index contributed by atoms with van der Waals surface area (Å²) in [5, 5.41) is 7.80. The number of amides is 3. The number of nitrogens with one attached hydrogen (secondary N) is 1. The lowest BCUT2D eigenvalue weighted by Gasteiger charge is -2.31. The Labute approximate surface area is 190 Å². The van der Waals surface area contributed by atoms with Crippen LogP contribution in [0.5, 0.6) is 0 Å². The predicted octanol–water partition coefficient (Wildman–Crippen LogP) is 3.50. The molecule has 4 unspecified atom stereocenters. The normalized spacial score (nSPS) is 26.3. The smallest absolute Gasteiger partial charge is 0.243 e. The number of hydrogen-bond donors (Lipinski definition) is 1. The van der Waals surface area contributed by atoms with Crippen molar-refractivity contribution >= 4 is 17.7 Å². The van der Waals surface area contributed by atoms with Crippen molar-refractivity contribution < 1.29 is 14.4 Å². The molecule has 4 atom stereocenters. The SMILES string of the molecule is CC(C)CC(C(=O)NC1CCCc2c1cnn2C(C)(C)C)N1C(=O)C2CC=CCC2C1=O. The van der Waals surface area contributed by atoms with E-state index >= 15 is 0 Å². The number of hydrogen-bond acceptors (Lipinski definition) is 4. The van der Waals surface area contributed by atoms with E-state index in [0.29, 0.717) is 19.3 Å². The summed E-state index contributed by atoms with van der Waals surface area (Å²) in [5.41, 5.74) is 2.10. The number of aromatic nitrogens is 2. The molecule has 0 spiro atoms. The Kier molecular flexibility index (Phi) is 6.03. The highest BCUT2D eigenvalue weighted by atomic mass is 16.2. The summed E-state index contributed by atoms with van der Waals surface area (Å²) < 4.78 is 2.05. The summed E-state index contributed by atoms with van der Waals surface area (Å²) in [4.78, 5) is 41.2. The average Bonchev–Trinajstić information content (AvgIpc) is 3.27. The molecule has 7 nitrogen and oxygen atoms in total. The molecule has 0 saturated carbocycles. The molecule has 1 aromatic rings. The van der Waals surface area contributed by atoms with E-state index < -0.39 is 6.04 Å². The Morgan fingerprint density at radius 1 is 1.16 bits per heavy atom. The Bertz CT molecular complexity index is 913. The quantitative estimate of drug-likeness (QED) is 0.561. The average molecular weight is 441 g/mol. The molecule has 0 aromatic carbocycles. The molecule has 4 rings (SSSR count). The van der Waals surface area contributed by atoms with Gasteiger partial charge in [-0.1, -0.05) is 26.0 Å². The van der Waals surface area contributed by atoms with Gasteiger partial charge in [0.1, 0.15) is 6.04 Å². The monoisotopic (exact) mass is 440 g/mol. The van der Waals surface area contributed by atoms with Gasteiger partial charge in [0.2, 0.25) is 17.7 Å². The third-order valence-corrected chi connectivity index (χ3v) is 6.99. The van der Waals surface area contributed by atoms with Crippen LogP contribution < -0.4 is 5.32 Å². The van der Waals surface area contributed by atoms with Gasteiger partial charge in [-0.2, -0.15) is 5.10 Å². The zero-order valence-corrected chi connectivity index (χ0v) is 19.9. The van der Waals surface area contributed by atoms with Crippen molar-refractivity contribution in [2.75, 3.05) is 0 Å². The Morgan fingerprint density at radius 2 is 1.78 bits per heavy atom. The van der Waals surface area contributed by atoms with Crippen LogP contribution in [0.2, 0.25) is 0 Å². The van der Waals surface area contributed by atoms with Crippen molar-refractivity contribution in [3.63, 3.8) is 0 Å². The fourth-order valence-corrected chi connectivity index (χ4v) is 5.46. The van der Waals surface area contributed by atoms with Gasteiger partial charge in [0.15, 0.2) is 0 Å². The van der Waals surface area contributed by atoms with Gasteiger partial charge in [0.05, 0.1) is 29.6 Å². The van der Waals surface area contributed by atoms with E-state index in [4.69, 9.17) is 0 Å². The van der Waals surface area contributed by atoms with E-state index in [-0.39, 0.29) is 47.1 Å². The van der Waals surface area contributed by atoms with Crippen molar-refractivity contribution in [2.45, 2.75) is 90.8 Å². The van der Waals surface area contributed by atoms with Crippen molar-refractivity contribution in [2.24, 2.45) is 17.8 Å². The topological polar surface area (TPSA) is 84.3 Å². The van der Waals surface area contributed by atoms with Crippen molar-refractivity contribution in [1.29, 1.82) is 0 Å². The number of nitrogens with zero attached hydrogens (tertiary/aromatic N) is 3. The largest absolute Gasteiger partial charge is 0.347 e. The first-order valence-corrected chi connectivity index (χ1v) is 12.0. The minimum absolute atomic E-state index is 0.127. The molecule has 1 N–H and O–H groups in total. The molecule has 0 bridgehead atoms. The minimum atomic E-state index is -0.761. The molecule has 7 heteroatoms. The summed E-state index contributed by atoms with van der Waals surface area (Å²) in [6.07, 6.45) is 10.2. The number of carbonyl (C=O) groups excluding carboxylic acids is 3. The molecule has 3 aliphatic rings. The molecule has 0 radical (unpaired) electrons. The highest BCUT2D eigenvalue weighted by Crippen LogP contribution is 2.38. The molecule has 1 aromatic heterocycles. The molecular weight excluding hydrogens is 404 g/mol. The number of carbonyl (C=O) groups is 3. The zero-order valence-electron chi connectivity index (χ0n) is 19.9. The van der Waals surface area contributed by atoms with Crippen LogP contribution >= 0.6 is 0 Å². The maximum absolute atomic E-state index is 13.5. The van der Waals surface area contributed by atoms with Gasteiger partial charge < -0.3 is 5.32 Å². The summed E-state index contributed by atoms with van der Waals surface area (Å²) in [7, 11) is 0. The van der Waals surface area contributed by atoms with E-state index in [0.717, 1.165) is 24.8 Å². The third-order valence-electron chi connectivity index (χ3n) is 6.99. The Hall–Kier alpha value is -2.44. The number of likely N-dealkylation sites (tertiary alicyclic amines) is 1. The lowest BCUT2D eigenvalue weighted by Crippen LogP contribution is -2.51. The van der Waals surface area contributed by atoms with Crippen LogP contribution in [-0.2, 0) is 26.3 Å². The van der Waals surface area contributed by atoms with Gasteiger partial charge in [0, 0.05) is 11.3 Å². The van der Waals surface area contributed by atoms with Gasteiger partial charge in [0.25, 0.3) is 0 Å². The third kappa shape index (κ3) is 4.02. The van der Waals surface area contributed by atoms with Crippen LogP contribution in [0.1, 0.15) is 84.0 Å². The van der Waals surface area contributed by atoms with Gasteiger partial charge in [-0.3, -0.25) is 24.0 Å². The van der Waals surface area contributed by atoms with E-state index in [1.807, 2.05) is 32.2 Å². The minimum Gasteiger partial charge on any atom is -0.347 e. The second kappa shape index (κ2) is 8.49. The van der Waals surface area contributed by atoms with E-state index in [9.17, 15) is 14.4 Å². The summed E-state index contributed by atoms with van der Waals surface area (Å²) >= 11 is 0. The van der Waals surface area contributed by atoms with Crippen LogP contribution in [0.15, 0.2) is 18.3 Å². The van der Waals surface area contributed by atoms with Gasteiger partial charge in [-0.05, 0) is 65.2 Å². The van der Waals surface area contributed by atoms with Crippen LogP contribution in [0.3, 0.4) is 0 Å². The molecule has 1 aliphatic heterocycles. The lowest BCUT2D eigenvalue weighted by molar-refractivity contribution is -0.148. The fourth-order valence-electron chi connectivity index (χ4n) is 5.46. The van der Waals surface area contributed by atoms with E-state index in [1.54, 1.807) is 0 Å². The van der Waals surface area contributed by atoms with Gasteiger partial charge in [-0.25, -0.2) is 0 Å². The zero-order chi connectivity index (χ0) is 23.2. The molecule has 3 amide bonds. The van der Waals surface area contributed by atoms with Crippen LogP contribution in [0.25, 0.3) is 0 Å². The van der Waals surface area contributed by atoms with Gasteiger partial charge >= 0.3 is 0 Å². The number of rotatable bonds is 5. The molecule has 2 aliphatic carbocycles.